The predicted octanol–water partition coefficient (Wildman–Crippen LogP) is 17.7. The van der Waals surface area contributed by atoms with Gasteiger partial charge >= 0.3 is 0 Å². The first kappa shape index (κ1) is 53.8. The van der Waals surface area contributed by atoms with Gasteiger partial charge in [0.1, 0.15) is 11.6 Å². The van der Waals surface area contributed by atoms with Crippen LogP contribution in [-0.2, 0) is 0 Å². The van der Waals surface area contributed by atoms with Crippen molar-refractivity contribution in [2.24, 2.45) is 23.7 Å². The van der Waals surface area contributed by atoms with Crippen molar-refractivity contribution in [1.82, 2.24) is 0 Å². The molecule has 0 saturated heterocycles. The average molecular weight is 827 g/mol. The number of hydrogen-bond acceptors (Lipinski definition) is 0. The molecular formula is C56H78F4. The van der Waals surface area contributed by atoms with Gasteiger partial charge in [-0.3, -0.25) is 0 Å². The number of hydrogen-bond donors (Lipinski definition) is 0. The summed E-state index contributed by atoms with van der Waals surface area (Å²) in [6.45, 7) is 28.2. The molecular weight excluding hydrogens is 749 g/mol. The Hall–Kier alpha value is -4.18. The van der Waals surface area contributed by atoms with Crippen LogP contribution in [0.4, 0.5) is 17.6 Å². The molecule has 4 heteroatoms. The Kier molecular flexibility index (Phi) is 26.1. The zero-order valence-corrected chi connectivity index (χ0v) is 39.7. The molecule has 0 amide bonds. The molecule has 0 N–H and O–H groups in total. The van der Waals surface area contributed by atoms with Crippen molar-refractivity contribution in [1.29, 1.82) is 0 Å². The number of aryl methyl sites for hydroxylation is 10. The number of halogens is 4. The first-order chi connectivity index (χ1) is 28.2. The normalized spacial score (nSPS) is 17.6. The van der Waals surface area contributed by atoms with Crippen molar-refractivity contribution in [3.63, 3.8) is 0 Å². The van der Waals surface area contributed by atoms with Crippen molar-refractivity contribution < 1.29 is 17.6 Å². The third kappa shape index (κ3) is 24.2. The molecule has 330 valence electrons. The molecule has 0 atom stereocenters. The molecule has 0 nitrogen and oxygen atoms in total. The molecule has 2 saturated carbocycles. The van der Waals surface area contributed by atoms with Crippen molar-refractivity contribution >= 4 is 0 Å². The van der Waals surface area contributed by atoms with Crippen LogP contribution in [0.1, 0.15) is 135 Å². The summed E-state index contributed by atoms with van der Waals surface area (Å²) in [5.74, 6) is 2.37. The van der Waals surface area contributed by atoms with Crippen molar-refractivity contribution in [3.05, 3.63) is 176 Å². The minimum absolute atomic E-state index is 0.116. The van der Waals surface area contributed by atoms with Crippen LogP contribution < -0.4 is 0 Å². The molecule has 5 aromatic rings. The maximum Gasteiger partial charge on any atom is 0.161 e. The van der Waals surface area contributed by atoms with Crippen molar-refractivity contribution in [2.75, 3.05) is 0 Å². The quantitative estimate of drug-likeness (QED) is 0.136. The SMILES string of the molecule is CC1CCC(C)CC1.CC1CCC(C)CC1.Cc1ccc(C)c(F)c1.Cc1ccc(C)c(F)c1.Cc1ccc(C)c(F)c1F.Cc1ccc(C)cc1.Cc1ccc(C)cc1. The Bertz CT molecular complexity index is 1690. The number of benzene rings is 5. The molecule has 60 heavy (non-hydrogen) atoms. The fourth-order valence-corrected chi connectivity index (χ4v) is 6.27. The lowest BCUT2D eigenvalue weighted by atomic mass is 9.84. The van der Waals surface area contributed by atoms with Gasteiger partial charge in [-0.25, -0.2) is 17.6 Å². The van der Waals surface area contributed by atoms with E-state index >= 15 is 0 Å². The van der Waals surface area contributed by atoms with E-state index < -0.39 is 11.6 Å². The van der Waals surface area contributed by atoms with Gasteiger partial charge in [-0.1, -0.05) is 186 Å². The third-order valence-corrected chi connectivity index (χ3v) is 11.2. The highest BCUT2D eigenvalue weighted by Crippen LogP contribution is 2.28. The summed E-state index contributed by atoms with van der Waals surface area (Å²) in [4.78, 5) is 0. The van der Waals surface area contributed by atoms with E-state index in [-0.39, 0.29) is 11.6 Å². The highest BCUT2D eigenvalue weighted by Gasteiger charge is 2.14. The second-order valence-corrected chi connectivity index (χ2v) is 17.9. The van der Waals surface area contributed by atoms with Gasteiger partial charge in [0.2, 0.25) is 0 Å². The summed E-state index contributed by atoms with van der Waals surface area (Å²) >= 11 is 0. The standard InChI is InChI=1S/C8H8F2.2C8H9F.2C8H16.2C8H10/c1-5-3-4-6(2)8(10)7(5)9;2*1-6-3-4-7(2)8(9)5-6;4*1-7-3-5-8(2)6-4-7/h3-4H,1-2H3;2*3-5H,1-2H3;2*7-8H,3-6H2,1-2H3;2*3-6H,1-2H3. The lowest BCUT2D eigenvalue weighted by Gasteiger charge is -2.22. The van der Waals surface area contributed by atoms with E-state index in [9.17, 15) is 17.6 Å². The predicted molar refractivity (Wildman–Crippen MR) is 253 cm³/mol. The fourth-order valence-electron chi connectivity index (χ4n) is 6.27. The largest absolute Gasteiger partial charge is 0.207 e. The second-order valence-electron chi connectivity index (χ2n) is 17.9. The molecule has 0 heterocycles. The van der Waals surface area contributed by atoms with Gasteiger partial charge in [-0.2, -0.15) is 0 Å². The van der Waals surface area contributed by atoms with Crippen LogP contribution in [0.2, 0.25) is 0 Å². The third-order valence-electron chi connectivity index (χ3n) is 11.2. The van der Waals surface area contributed by atoms with Crippen LogP contribution in [0, 0.1) is 116 Å². The summed E-state index contributed by atoms with van der Waals surface area (Å²) in [5, 5.41) is 0. The highest BCUT2D eigenvalue weighted by molar-refractivity contribution is 5.25. The number of rotatable bonds is 0. The lowest BCUT2D eigenvalue weighted by Crippen LogP contribution is -2.08. The molecule has 7 rings (SSSR count). The molecule has 0 spiro atoms. The molecule has 0 aliphatic heterocycles. The topological polar surface area (TPSA) is 0 Å². The molecule has 2 fully saturated rings. The maximum absolute atomic E-state index is 12.6. The summed E-state index contributed by atoms with van der Waals surface area (Å²) in [5.41, 5.74) is 9.38. The highest BCUT2D eigenvalue weighted by atomic mass is 19.2. The zero-order valence-electron chi connectivity index (χ0n) is 39.7. The Morgan fingerprint density at radius 2 is 0.467 bits per heavy atom. The van der Waals surface area contributed by atoms with Crippen LogP contribution >= 0.6 is 0 Å². The Balaban J connectivity index is 0.000000350. The Morgan fingerprint density at radius 3 is 0.650 bits per heavy atom. The van der Waals surface area contributed by atoms with Crippen molar-refractivity contribution in [2.45, 2.75) is 148 Å². The van der Waals surface area contributed by atoms with Crippen LogP contribution in [-0.4, -0.2) is 0 Å². The van der Waals surface area contributed by atoms with E-state index in [0.717, 1.165) is 34.8 Å². The summed E-state index contributed by atoms with van der Waals surface area (Å²) in [7, 11) is 0. The van der Waals surface area contributed by atoms with Gasteiger partial charge in [0.05, 0.1) is 0 Å². The fraction of sp³-hybridized carbons (Fsp3) is 0.464. The average Bonchev–Trinajstić information content (AvgIpc) is 3.21. The van der Waals surface area contributed by atoms with Crippen LogP contribution in [0.5, 0.6) is 0 Å². The zero-order chi connectivity index (χ0) is 45.4. The van der Waals surface area contributed by atoms with Gasteiger partial charge in [0, 0.05) is 0 Å². The second kappa shape index (κ2) is 29.1. The first-order valence-electron chi connectivity index (χ1n) is 22.1. The van der Waals surface area contributed by atoms with Gasteiger partial charge < -0.3 is 0 Å². The van der Waals surface area contributed by atoms with E-state index in [0.29, 0.717) is 22.3 Å². The van der Waals surface area contributed by atoms with E-state index in [4.69, 9.17) is 0 Å². The maximum atomic E-state index is 12.6. The summed E-state index contributed by atoms with van der Waals surface area (Å²) < 4.78 is 50.4. The molecule has 0 radical (unpaired) electrons. The Labute approximate surface area is 364 Å². The molecule has 5 aromatic carbocycles. The van der Waals surface area contributed by atoms with E-state index in [1.54, 1.807) is 38.1 Å². The van der Waals surface area contributed by atoms with Gasteiger partial charge in [0.15, 0.2) is 11.6 Å². The first-order valence-corrected chi connectivity index (χ1v) is 22.1. The smallest absolute Gasteiger partial charge is 0.161 e. The minimum atomic E-state index is -0.736. The molecule has 0 bridgehead atoms. The van der Waals surface area contributed by atoms with Crippen LogP contribution in [0.15, 0.2) is 97.1 Å². The van der Waals surface area contributed by atoms with Crippen LogP contribution in [0.25, 0.3) is 0 Å². The molecule has 0 aromatic heterocycles. The summed E-state index contributed by atoms with van der Waals surface area (Å²) in [6, 6.07) is 30.5. The van der Waals surface area contributed by atoms with Crippen molar-refractivity contribution in [3.8, 4) is 0 Å². The van der Waals surface area contributed by atoms with Gasteiger partial charge in [0.25, 0.3) is 0 Å². The molecule has 2 aliphatic carbocycles. The van der Waals surface area contributed by atoms with E-state index in [1.807, 2.05) is 26.0 Å². The Morgan fingerprint density at radius 1 is 0.283 bits per heavy atom. The monoisotopic (exact) mass is 827 g/mol. The molecule has 0 unspecified atom stereocenters. The van der Waals surface area contributed by atoms with Gasteiger partial charge in [-0.15, -0.1) is 0 Å². The summed E-state index contributed by atoms with van der Waals surface area (Å²) in [6.07, 6.45) is 11.8. The lowest BCUT2D eigenvalue weighted by molar-refractivity contribution is 0.308. The minimum Gasteiger partial charge on any atom is -0.207 e. The van der Waals surface area contributed by atoms with E-state index in [1.165, 1.54) is 99.6 Å². The molecule has 2 aliphatic rings. The van der Waals surface area contributed by atoms with Crippen LogP contribution in [0.3, 0.4) is 0 Å². The van der Waals surface area contributed by atoms with Gasteiger partial charge in [-0.05, 0) is 138 Å². The van der Waals surface area contributed by atoms with E-state index in [2.05, 4.69) is 104 Å².